The summed E-state index contributed by atoms with van der Waals surface area (Å²) in [5.74, 6) is -0.166. The zero-order chi connectivity index (χ0) is 24.7. The van der Waals surface area contributed by atoms with E-state index in [-0.39, 0.29) is 23.8 Å². The summed E-state index contributed by atoms with van der Waals surface area (Å²) in [6, 6.07) is 0. The van der Waals surface area contributed by atoms with Crippen molar-refractivity contribution in [2.45, 2.75) is 155 Å². The lowest BCUT2D eigenvalue weighted by atomic mass is 9.82. The second kappa shape index (κ2) is 22.4. The van der Waals surface area contributed by atoms with Gasteiger partial charge in [-0.25, -0.2) is 0 Å². The van der Waals surface area contributed by atoms with Crippen molar-refractivity contribution in [3.05, 3.63) is 0 Å². The molecule has 1 aliphatic rings. The zero-order valence-electron chi connectivity index (χ0n) is 22.8. The summed E-state index contributed by atoms with van der Waals surface area (Å²) in [6.07, 6.45) is 25.9. The SMILES string of the molecule is CCCCCCCCCCCCCOC(=O)C1CCC(C(=O)OCCCCCCCCC)CC1. The van der Waals surface area contributed by atoms with E-state index in [1.807, 2.05) is 0 Å². The molecule has 4 heteroatoms. The summed E-state index contributed by atoms with van der Waals surface area (Å²) < 4.78 is 11.0. The normalized spacial score (nSPS) is 18.1. The fourth-order valence-corrected chi connectivity index (χ4v) is 4.97. The number of rotatable bonds is 22. The van der Waals surface area contributed by atoms with E-state index < -0.39 is 0 Å². The van der Waals surface area contributed by atoms with Crippen LogP contribution in [0.4, 0.5) is 0 Å². The van der Waals surface area contributed by atoms with Crippen LogP contribution in [0.15, 0.2) is 0 Å². The number of hydrogen-bond acceptors (Lipinski definition) is 4. The summed E-state index contributed by atoms with van der Waals surface area (Å²) in [5.41, 5.74) is 0. The quantitative estimate of drug-likeness (QED) is 0.115. The Bertz CT molecular complexity index is 482. The molecule has 0 radical (unpaired) electrons. The molecular formula is C30H56O4. The van der Waals surface area contributed by atoms with Gasteiger partial charge >= 0.3 is 11.9 Å². The van der Waals surface area contributed by atoms with Crippen LogP contribution in [0.25, 0.3) is 0 Å². The molecule has 1 rings (SSSR count). The standard InChI is InChI=1S/C30H56O4/c1-3-5-7-9-11-12-13-14-16-18-20-26-34-30(32)28-23-21-27(22-24-28)29(31)33-25-19-17-15-10-8-6-4-2/h27-28H,3-26H2,1-2H3. The number of ether oxygens (including phenoxy) is 2. The molecular weight excluding hydrogens is 424 g/mol. The van der Waals surface area contributed by atoms with Crippen LogP contribution in [0.3, 0.4) is 0 Å². The van der Waals surface area contributed by atoms with Crippen molar-refractivity contribution in [2.24, 2.45) is 11.8 Å². The summed E-state index contributed by atoms with van der Waals surface area (Å²) >= 11 is 0. The zero-order valence-corrected chi connectivity index (χ0v) is 22.8. The van der Waals surface area contributed by atoms with E-state index in [4.69, 9.17) is 9.47 Å². The molecule has 0 atom stereocenters. The van der Waals surface area contributed by atoms with E-state index in [1.54, 1.807) is 0 Å². The van der Waals surface area contributed by atoms with Gasteiger partial charge in [-0.15, -0.1) is 0 Å². The van der Waals surface area contributed by atoms with Crippen LogP contribution in [0.5, 0.6) is 0 Å². The molecule has 0 saturated heterocycles. The van der Waals surface area contributed by atoms with E-state index in [0.717, 1.165) is 51.4 Å². The Balaban J connectivity index is 1.94. The molecule has 0 aromatic heterocycles. The first-order valence-corrected chi connectivity index (χ1v) is 15.0. The van der Waals surface area contributed by atoms with E-state index in [0.29, 0.717) is 13.2 Å². The van der Waals surface area contributed by atoms with Gasteiger partial charge in [0.05, 0.1) is 25.0 Å². The van der Waals surface area contributed by atoms with Crippen molar-refractivity contribution < 1.29 is 19.1 Å². The molecule has 200 valence electrons. The Hall–Kier alpha value is -1.06. The predicted octanol–water partition coefficient (Wildman–Crippen LogP) is 8.94. The highest BCUT2D eigenvalue weighted by atomic mass is 16.5. The van der Waals surface area contributed by atoms with E-state index in [9.17, 15) is 9.59 Å². The second-order valence-corrected chi connectivity index (χ2v) is 10.5. The molecule has 1 aliphatic carbocycles. The molecule has 0 unspecified atom stereocenters. The Labute approximate surface area is 211 Å². The third-order valence-electron chi connectivity index (χ3n) is 7.38. The van der Waals surface area contributed by atoms with Gasteiger partial charge in [-0.05, 0) is 38.5 Å². The first kappa shape index (κ1) is 31.0. The maximum atomic E-state index is 12.4. The summed E-state index contributed by atoms with van der Waals surface area (Å²) in [6.45, 7) is 5.60. The average Bonchev–Trinajstić information content (AvgIpc) is 2.86. The van der Waals surface area contributed by atoms with Gasteiger partial charge in [-0.1, -0.05) is 117 Å². The van der Waals surface area contributed by atoms with Gasteiger partial charge in [-0.3, -0.25) is 9.59 Å². The first-order chi connectivity index (χ1) is 16.7. The van der Waals surface area contributed by atoms with Crippen LogP contribution in [0, 0.1) is 11.8 Å². The fraction of sp³-hybridized carbons (Fsp3) is 0.933. The highest BCUT2D eigenvalue weighted by molar-refractivity contribution is 5.75. The van der Waals surface area contributed by atoms with Crippen molar-refractivity contribution in [2.75, 3.05) is 13.2 Å². The van der Waals surface area contributed by atoms with Crippen molar-refractivity contribution >= 4 is 11.9 Å². The lowest BCUT2D eigenvalue weighted by molar-refractivity contribution is -0.155. The number of carbonyl (C=O) groups excluding carboxylic acids is 2. The van der Waals surface area contributed by atoms with Crippen LogP contribution in [-0.4, -0.2) is 25.2 Å². The third kappa shape index (κ3) is 16.5. The largest absolute Gasteiger partial charge is 0.465 e. The fourth-order valence-electron chi connectivity index (χ4n) is 4.97. The Kier molecular flexibility index (Phi) is 20.4. The van der Waals surface area contributed by atoms with Gasteiger partial charge in [0, 0.05) is 0 Å². The molecule has 1 fully saturated rings. The van der Waals surface area contributed by atoms with E-state index >= 15 is 0 Å². The number of unbranched alkanes of at least 4 members (excludes halogenated alkanes) is 16. The minimum absolute atomic E-state index is 0.0275. The molecule has 0 amide bonds. The number of carbonyl (C=O) groups is 2. The minimum atomic E-state index is -0.0567. The van der Waals surface area contributed by atoms with Gasteiger partial charge < -0.3 is 9.47 Å². The third-order valence-corrected chi connectivity index (χ3v) is 7.38. The van der Waals surface area contributed by atoms with Gasteiger partial charge in [0.1, 0.15) is 0 Å². The summed E-state index contributed by atoms with van der Waals surface area (Å²) in [5, 5.41) is 0. The number of esters is 2. The van der Waals surface area contributed by atoms with E-state index in [2.05, 4.69) is 13.8 Å². The molecule has 1 saturated carbocycles. The summed E-state index contributed by atoms with van der Waals surface area (Å²) in [7, 11) is 0. The van der Waals surface area contributed by atoms with Crippen LogP contribution >= 0.6 is 0 Å². The van der Waals surface area contributed by atoms with Gasteiger partial charge in [0.15, 0.2) is 0 Å². The van der Waals surface area contributed by atoms with Gasteiger partial charge in [-0.2, -0.15) is 0 Å². The van der Waals surface area contributed by atoms with Crippen molar-refractivity contribution in [3.63, 3.8) is 0 Å². The van der Waals surface area contributed by atoms with Gasteiger partial charge in [0.2, 0.25) is 0 Å². The maximum Gasteiger partial charge on any atom is 0.308 e. The van der Waals surface area contributed by atoms with Crippen LogP contribution in [0.1, 0.15) is 155 Å². The van der Waals surface area contributed by atoms with Crippen molar-refractivity contribution in [3.8, 4) is 0 Å². The van der Waals surface area contributed by atoms with Gasteiger partial charge in [0.25, 0.3) is 0 Å². The van der Waals surface area contributed by atoms with Crippen molar-refractivity contribution in [1.29, 1.82) is 0 Å². The minimum Gasteiger partial charge on any atom is -0.465 e. The van der Waals surface area contributed by atoms with E-state index in [1.165, 1.54) is 89.9 Å². The lowest BCUT2D eigenvalue weighted by Gasteiger charge is -2.26. The first-order valence-electron chi connectivity index (χ1n) is 15.0. The molecule has 0 spiro atoms. The topological polar surface area (TPSA) is 52.6 Å². The predicted molar refractivity (Wildman–Crippen MR) is 142 cm³/mol. The molecule has 0 N–H and O–H groups in total. The Morgan fingerprint density at radius 3 is 1.03 bits per heavy atom. The second-order valence-electron chi connectivity index (χ2n) is 10.5. The number of hydrogen-bond donors (Lipinski definition) is 0. The maximum absolute atomic E-state index is 12.4. The lowest BCUT2D eigenvalue weighted by Crippen LogP contribution is -2.28. The molecule has 0 aromatic rings. The molecule has 0 aliphatic heterocycles. The Morgan fingerprint density at radius 1 is 0.471 bits per heavy atom. The highest BCUT2D eigenvalue weighted by Gasteiger charge is 2.31. The molecule has 4 nitrogen and oxygen atoms in total. The molecule has 0 bridgehead atoms. The smallest absolute Gasteiger partial charge is 0.308 e. The summed E-state index contributed by atoms with van der Waals surface area (Å²) in [4.78, 5) is 24.7. The molecule has 0 heterocycles. The average molecular weight is 481 g/mol. The molecule has 0 aromatic carbocycles. The monoisotopic (exact) mass is 480 g/mol. The van der Waals surface area contributed by atoms with Crippen LogP contribution in [0.2, 0.25) is 0 Å². The Morgan fingerprint density at radius 2 is 0.735 bits per heavy atom. The van der Waals surface area contributed by atoms with Crippen molar-refractivity contribution in [1.82, 2.24) is 0 Å². The highest BCUT2D eigenvalue weighted by Crippen LogP contribution is 2.30. The molecule has 34 heavy (non-hydrogen) atoms. The van der Waals surface area contributed by atoms with Crippen LogP contribution < -0.4 is 0 Å². The van der Waals surface area contributed by atoms with Crippen LogP contribution in [-0.2, 0) is 19.1 Å².